The van der Waals surface area contributed by atoms with Gasteiger partial charge in [0.05, 0.1) is 35.4 Å². The second-order valence-electron chi connectivity index (χ2n) is 6.57. The first kappa shape index (κ1) is 17.5. The van der Waals surface area contributed by atoms with E-state index in [4.69, 9.17) is 9.72 Å². The molecule has 4 rings (SSSR count). The van der Waals surface area contributed by atoms with Crippen LogP contribution in [0.1, 0.15) is 24.8 Å². The lowest BCUT2D eigenvalue weighted by atomic mass is 10.0. The number of rotatable bonds is 5. The quantitative estimate of drug-likeness (QED) is 0.516. The highest BCUT2D eigenvalue weighted by atomic mass is 32.1. The zero-order valence-electron chi connectivity index (χ0n) is 15.7. The predicted octanol–water partition coefficient (Wildman–Crippen LogP) is 5.20. The predicted molar refractivity (Wildman–Crippen MR) is 110 cm³/mol. The van der Waals surface area contributed by atoms with Crippen LogP contribution in [0.25, 0.3) is 21.3 Å². The van der Waals surface area contributed by atoms with E-state index in [1.165, 1.54) is 4.88 Å². The third-order valence-corrected chi connectivity index (χ3v) is 5.40. The molecule has 0 aliphatic rings. The van der Waals surface area contributed by atoms with Crippen molar-refractivity contribution in [2.45, 2.75) is 26.8 Å². The number of ether oxygens (including phenoxy) is 1. The molecule has 0 bridgehead atoms. The van der Waals surface area contributed by atoms with Gasteiger partial charge in [-0.2, -0.15) is 5.10 Å². The van der Waals surface area contributed by atoms with E-state index in [0.29, 0.717) is 12.0 Å². The molecule has 0 amide bonds. The molecule has 1 N–H and O–H groups in total. The summed E-state index contributed by atoms with van der Waals surface area (Å²) >= 11 is 1.69. The molecule has 0 aliphatic heterocycles. The number of hydrogen-bond donors (Lipinski definition) is 1. The second kappa shape index (κ2) is 7.00. The molecule has 0 spiro atoms. The highest BCUT2D eigenvalue weighted by molar-refractivity contribution is 7.19. The molecule has 138 valence electrons. The minimum absolute atomic E-state index is 0.306. The third kappa shape index (κ3) is 3.26. The van der Waals surface area contributed by atoms with Gasteiger partial charge in [0.15, 0.2) is 0 Å². The standard InChI is InChI=1S/C20H21N5OS/c1-12(2)25-11-14(9-22-25)23-20-21-10-17-19(24-20)18(13(3)27-17)15-7-5-6-8-16(15)26-4/h5-12H,1-4H3,(H,21,23,24). The van der Waals surface area contributed by atoms with Crippen molar-refractivity contribution < 1.29 is 4.74 Å². The van der Waals surface area contributed by atoms with Gasteiger partial charge in [0.1, 0.15) is 5.75 Å². The fourth-order valence-corrected chi connectivity index (χ4v) is 4.04. The molecule has 0 saturated heterocycles. The summed E-state index contributed by atoms with van der Waals surface area (Å²) < 4.78 is 8.51. The van der Waals surface area contributed by atoms with Gasteiger partial charge in [0.25, 0.3) is 0 Å². The summed E-state index contributed by atoms with van der Waals surface area (Å²) in [5.74, 6) is 1.39. The van der Waals surface area contributed by atoms with E-state index >= 15 is 0 Å². The first-order chi connectivity index (χ1) is 13.1. The van der Waals surface area contributed by atoms with Crippen molar-refractivity contribution in [2.75, 3.05) is 12.4 Å². The van der Waals surface area contributed by atoms with Crippen LogP contribution in [-0.4, -0.2) is 26.9 Å². The Bertz CT molecular complexity index is 1100. The number of fused-ring (bicyclic) bond motifs is 1. The zero-order valence-corrected chi connectivity index (χ0v) is 16.5. The maximum absolute atomic E-state index is 5.56. The van der Waals surface area contributed by atoms with Crippen LogP contribution >= 0.6 is 11.3 Å². The molecule has 4 aromatic rings. The molecular weight excluding hydrogens is 358 g/mol. The molecule has 0 aliphatic carbocycles. The molecule has 1 aromatic carbocycles. The van der Waals surface area contributed by atoms with Crippen molar-refractivity contribution in [3.05, 3.63) is 47.7 Å². The van der Waals surface area contributed by atoms with Gasteiger partial charge in [-0.15, -0.1) is 11.3 Å². The summed E-state index contributed by atoms with van der Waals surface area (Å²) in [5, 5.41) is 7.61. The van der Waals surface area contributed by atoms with Gasteiger partial charge in [-0.05, 0) is 26.8 Å². The first-order valence-corrected chi connectivity index (χ1v) is 9.59. The molecule has 3 aromatic heterocycles. The molecule has 0 saturated carbocycles. The van der Waals surface area contributed by atoms with E-state index in [1.807, 2.05) is 35.3 Å². The van der Waals surface area contributed by atoms with E-state index in [1.54, 1.807) is 24.6 Å². The fraction of sp³-hybridized carbons (Fsp3) is 0.250. The SMILES string of the molecule is COc1ccccc1-c1c(C)sc2cnc(Nc3cnn(C(C)C)c3)nc12. The lowest BCUT2D eigenvalue weighted by molar-refractivity contribution is 0.416. The number of methoxy groups -OCH3 is 1. The number of thiophene rings is 1. The van der Waals surface area contributed by atoms with Crippen LogP contribution in [0.3, 0.4) is 0 Å². The van der Waals surface area contributed by atoms with Crippen molar-refractivity contribution in [2.24, 2.45) is 0 Å². The van der Waals surface area contributed by atoms with Gasteiger partial charge in [0.2, 0.25) is 5.95 Å². The van der Waals surface area contributed by atoms with Crippen LogP contribution in [0.5, 0.6) is 5.75 Å². The van der Waals surface area contributed by atoms with Crippen LogP contribution < -0.4 is 10.1 Å². The maximum atomic E-state index is 5.56. The van der Waals surface area contributed by atoms with E-state index in [2.05, 4.69) is 42.2 Å². The Labute approximate surface area is 161 Å². The Kier molecular flexibility index (Phi) is 4.53. The molecular formula is C20H21N5OS. The number of benzene rings is 1. The van der Waals surface area contributed by atoms with E-state index in [0.717, 1.165) is 32.8 Å². The smallest absolute Gasteiger partial charge is 0.227 e. The lowest BCUT2D eigenvalue weighted by Gasteiger charge is -2.09. The first-order valence-electron chi connectivity index (χ1n) is 8.77. The summed E-state index contributed by atoms with van der Waals surface area (Å²) in [5.41, 5.74) is 3.93. The minimum Gasteiger partial charge on any atom is -0.496 e. The minimum atomic E-state index is 0.306. The zero-order chi connectivity index (χ0) is 19.0. The molecule has 0 unspecified atom stereocenters. The lowest BCUT2D eigenvalue weighted by Crippen LogP contribution is -2.00. The summed E-state index contributed by atoms with van der Waals surface area (Å²) in [4.78, 5) is 10.4. The Morgan fingerprint density at radius 3 is 2.74 bits per heavy atom. The average Bonchev–Trinajstić information content (AvgIpc) is 3.25. The Balaban J connectivity index is 1.77. The molecule has 27 heavy (non-hydrogen) atoms. The summed E-state index contributed by atoms with van der Waals surface area (Å²) in [6.45, 7) is 6.29. The Hall–Kier alpha value is -2.93. The van der Waals surface area contributed by atoms with E-state index < -0.39 is 0 Å². The number of hydrogen-bond acceptors (Lipinski definition) is 6. The molecule has 0 radical (unpaired) electrons. The number of aryl methyl sites for hydroxylation is 1. The number of para-hydroxylation sites is 1. The van der Waals surface area contributed by atoms with Gasteiger partial charge in [0, 0.05) is 28.2 Å². The van der Waals surface area contributed by atoms with Crippen molar-refractivity contribution in [3.8, 4) is 16.9 Å². The van der Waals surface area contributed by atoms with Gasteiger partial charge in [-0.3, -0.25) is 4.68 Å². The number of anilines is 2. The van der Waals surface area contributed by atoms with Gasteiger partial charge in [-0.1, -0.05) is 18.2 Å². The van der Waals surface area contributed by atoms with Crippen molar-refractivity contribution >= 4 is 33.2 Å². The van der Waals surface area contributed by atoms with Crippen molar-refractivity contribution in [1.82, 2.24) is 19.7 Å². The summed E-state index contributed by atoms with van der Waals surface area (Å²) in [7, 11) is 1.69. The highest BCUT2D eigenvalue weighted by Crippen LogP contribution is 2.41. The van der Waals surface area contributed by atoms with Crippen molar-refractivity contribution in [1.29, 1.82) is 0 Å². The topological polar surface area (TPSA) is 64.9 Å². The van der Waals surface area contributed by atoms with Gasteiger partial charge < -0.3 is 10.1 Å². The number of nitrogens with one attached hydrogen (secondary N) is 1. The van der Waals surface area contributed by atoms with Gasteiger partial charge in [-0.25, -0.2) is 9.97 Å². The third-order valence-electron chi connectivity index (χ3n) is 4.37. The Morgan fingerprint density at radius 2 is 2.00 bits per heavy atom. The fourth-order valence-electron chi connectivity index (χ4n) is 3.05. The number of aromatic nitrogens is 4. The molecule has 3 heterocycles. The van der Waals surface area contributed by atoms with E-state index in [9.17, 15) is 0 Å². The molecule has 0 fully saturated rings. The van der Waals surface area contributed by atoms with Crippen LogP contribution in [0.4, 0.5) is 11.6 Å². The summed E-state index contributed by atoms with van der Waals surface area (Å²) in [6.07, 6.45) is 5.61. The highest BCUT2D eigenvalue weighted by Gasteiger charge is 2.17. The summed E-state index contributed by atoms with van der Waals surface area (Å²) in [6, 6.07) is 8.33. The number of nitrogens with zero attached hydrogens (tertiary/aromatic N) is 4. The van der Waals surface area contributed by atoms with Crippen molar-refractivity contribution in [3.63, 3.8) is 0 Å². The maximum Gasteiger partial charge on any atom is 0.227 e. The van der Waals surface area contributed by atoms with Crippen LogP contribution in [0.2, 0.25) is 0 Å². The largest absolute Gasteiger partial charge is 0.496 e. The monoisotopic (exact) mass is 379 g/mol. The van der Waals surface area contributed by atoms with Crippen LogP contribution in [0, 0.1) is 6.92 Å². The molecule has 6 nitrogen and oxygen atoms in total. The molecule has 7 heteroatoms. The molecule has 0 atom stereocenters. The normalized spacial score (nSPS) is 11.3. The Morgan fingerprint density at radius 1 is 1.19 bits per heavy atom. The average molecular weight is 379 g/mol. The van der Waals surface area contributed by atoms with Crippen LogP contribution in [0.15, 0.2) is 42.9 Å². The van der Waals surface area contributed by atoms with Crippen LogP contribution in [-0.2, 0) is 0 Å². The second-order valence-corrected chi connectivity index (χ2v) is 7.82. The van der Waals surface area contributed by atoms with Gasteiger partial charge >= 0.3 is 0 Å². The van der Waals surface area contributed by atoms with E-state index in [-0.39, 0.29) is 0 Å².